The predicted molar refractivity (Wildman–Crippen MR) is 139 cm³/mol. The largest absolute Gasteiger partial charge is 0.306 e. The summed E-state index contributed by atoms with van der Waals surface area (Å²) in [5.74, 6) is 0.0463. The molecule has 0 saturated heterocycles. The number of nitrogens with one attached hydrogen (secondary N) is 1. The van der Waals surface area contributed by atoms with Crippen LogP contribution >= 0.6 is 11.6 Å². The Kier molecular flexibility index (Phi) is 6.09. The quantitative estimate of drug-likeness (QED) is 0.342. The van der Waals surface area contributed by atoms with Gasteiger partial charge in [-0.05, 0) is 43.5 Å². The van der Waals surface area contributed by atoms with Crippen LogP contribution in [-0.4, -0.2) is 30.5 Å². The number of hydrogen-bond acceptors (Lipinski definition) is 4. The van der Waals surface area contributed by atoms with Crippen molar-refractivity contribution < 1.29 is 4.79 Å². The van der Waals surface area contributed by atoms with Crippen LogP contribution in [-0.2, 0) is 17.9 Å². The maximum absolute atomic E-state index is 12.9. The molecule has 0 aliphatic heterocycles. The normalized spacial score (nSPS) is 11.2. The van der Waals surface area contributed by atoms with Crippen LogP contribution in [0, 0.1) is 20.8 Å². The fraction of sp³-hybridized carbons (Fsp3) is 0.185. The van der Waals surface area contributed by atoms with E-state index in [2.05, 4.69) is 57.8 Å². The molecule has 35 heavy (non-hydrogen) atoms. The SMILES string of the molecule is Cc1ccc(Cn2cc(Cl)c(NC(=O)Cn3nc(C)c4c(-c5cccc(C)c5)ccnc43)n2)cc1. The van der Waals surface area contributed by atoms with E-state index in [1.807, 2.05) is 38.1 Å². The molecule has 0 unspecified atom stereocenters. The van der Waals surface area contributed by atoms with Crippen LogP contribution < -0.4 is 5.32 Å². The van der Waals surface area contributed by atoms with Gasteiger partial charge in [0.15, 0.2) is 11.5 Å². The molecule has 0 aliphatic carbocycles. The Bertz CT molecular complexity index is 1530. The van der Waals surface area contributed by atoms with Crippen molar-refractivity contribution in [3.05, 3.63) is 94.4 Å². The lowest BCUT2D eigenvalue weighted by atomic mass is 10.0. The number of rotatable bonds is 6. The molecule has 0 bridgehead atoms. The minimum absolute atomic E-state index is 0.00420. The molecular formula is C27H25ClN6O. The number of carbonyl (C=O) groups excluding carboxylic acids is 1. The number of carbonyl (C=O) groups is 1. The zero-order valence-electron chi connectivity index (χ0n) is 19.8. The third-order valence-corrected chi connectivity index (χ3v) is 6.15. The van der Waals surface area contributed by atoms with Crippen LogP contribution in [0.5, 0.6) is 0 Å². The standard InChI is InChI=1S/C27H25ClN6O/c1-17-7-9-20(10-8-17)14-33-15-23(28)26(32-33)30-24(35)16-34-27-25(19(3)31-34)22(11-12-29-27)21-6-4-5-18(2)13-21/h4-13,15H,14,16H2,1-3H3,(H,30,32,35). The van der Waals surface area contributed by atoms with Crippen LogP contribution in [0.2, 0.25) is 5.02 Å². The summed E-state index contributed by atoms with van der Waals surface area (Å²) < 4.78 is 3.34. The summed E-state index contributed by atoms with van der Waals surface area (Å²) in [6.07, 6.45) is 3.46. The monoisotopic (exact) mass is 484 g/mol. The van der Waals surface area contributed by atoms with Crippen LogP contribution in [0.3, 0.4) is 0 Å². The molecular weight excluding hydrogens is 460 g/mol. The molecule has 5 aromatic rings. The zero-order valence-corrected chi connectivity index (χ0v) is 20.5. The summed E-state index contributed by atoms with van der Waals surface area (Å²) in [4.78, 5) is 17.4. The third-order valence-electron chi connectivity index (χ3n) is 5.87. The lowest BCUT2D eigenvalue weighted by Gasteiger charge is -2.07. The van der Waals surface area contributed by atoms with Gasteiger partial charge in [-0.1, -0.05) is 71.3 Å². The van der Waals surface area contributed by atoms with Crippen molar-refractivity contribution in [3.63, 3.8) is 0 Å². The van der Waals surface area contributed by atoms with Crippen molar-refractivity contribution in [2.24, 2.45) is 0 Å². The molecule has 1 amide bonds. The van der Waals surface area contributed by atoms with Crippen LogP contribution in [0.15, 0.2) is 67.0 Å². The second-order valence-electron chi connectivity index (χ2n) is 8.73. The van der Waals surface area contributed by atoms with E-state index in [-0.39, 0.29) is 12.5 Å². The molecule has 0 radical (unpaired) electrons. The summed E-state index contributed by atoms with van der Waals surface area (Å²) in [7, 11) is 0. The maximum atomic E-state index is 12.9. The highest BCUT2D eigenvalue weighted by Crippen LogP contribution is 2.30. The van der Waals surface area contributed by atoms with Gasteiger partial charge in [0.1, 0.15) is 11.6 Å². The Morgan fingerprint density at radius 2 is 1.80 bits per heavy atom. The number of aryl methyl sites for hydroxylation is 3. The number of amides is 1. The lowest BCUT2D eigenvalue weighted by molar-refractivity contribution is -0.116. The smallest absolute Gasteiger partial charge is 0.247 e. The topological polar surface area (TPSA) is 77.6 Å². The summed E-state index contributed by atoms with van der Waals surface area (Å²) in [6, 6.07) is 18.5. The first kappa shape index (κ1) is 22.8. The second kappa shape index (κ2) is 9.35. The summed E-state index contributed by atoms with van der Waals surface area (Å²) in [5.41, 5.74) is 7.08. The number of anilines is 1. The van der Waals surface area contributed by atoms with Crippen molar-refractivity contribution in [1.82, 2.24) is 24.5 Å². The minimum Gasteiger partial charge on any atom is -0.306 e. The highest BCUT2D eigenvalue weighted by Gasteiger charge is 2.17. The molecule has 1 N–H and O–H groups in total. The van der Waals surface area contributed by atoms with Crippen LogP contribution in [0.25, 0.3) is 22.2 Å². The third kappa shape index (κ3) is 4.81. The van der Waals surface area contributed by atoms with E-state index >= 15 is 0 Å². The first-order valence-electron chi connectivity index (χ1n) is 11.3. The lowest BCUT2D eigenvalue weighted by Crippen LogP contribution is -2.20. The molecule has 5 rings (SSSR count). The Morgan fingerprint density at radius 3 is 2.57 bits per heavy atom. The van der Waals surface area contributed by atoms with Gasteiger partial charge in [-0.2, -0.15) is 10.2 Å². The second-order valence-corrected chi connectivity index (χ2v) is 9.13. The Balaban J connectivity index is 1.36. The van der Waals surface area contributed by atoms with Gasteiger partial charge < -0.3 is 5.32 Å². The highest BCUT2D eigenvalue weighted by molar-refractivity contribution is 6.33. The van der Waals surface area contributed by atoms with Crippen LogP contribution in [0.1, 0.15) is 22.4 Å². The van der Waals surface area contributed by atoms with E-state index in [1.165, 1.54) is 11.1 Å². The van der Waals surface area contributed by atoms with Gasteiger partial charge in [0.05, 0.1) is 12.2 Å². The van der Waals surface area contributed by atoms with E-state index in [4.69, 9.17) is 11.6 Å². The summed E-state index contributed by atoms with van der Waals surface area (Å²) in [6.45, 7) is 6.60. The Labute approximate surface area is 208 Å². The molecule has 2 aromatic carbocycles. The first-order valence-corrected chi connectivity index (χ1v) is 11.7. The summed E-state index contributed by atoms with van der Waals surface area (Å²) in [5, 5.41) is 13.2. The molecule has 176 valence electrons. The van der Waals surface area contributed by atoms with Crippen molar-refractivity contribution in [3.8, 4) is 11.1 Å². The fourth-order valence-electron chi connectivity index (χ4n) is 4.20. The van der Waals surface area contributed by atoms with Gasteiger partial charge in [0, 0.05) is 17.8 Å². The first-order chi connectivity index (χ1) is 16.9. The highest BCUT2D eigenvalue weighted by atomic mass is 35.5. The molecule has 0 fully saturated rings. The van der Waals surface area contributed by atoms with Gasteiger partial charge in [-0.3, -0.25) is 9.48 Å². The van der Waals surface area contributed by atoms with E-state index in [1.54, 1.807) is 21.8 Å². The van der Waals surface area contributed by atoms with E-state index < -0.39 is 0 Å². The van der Waals surface area contributed by atoms with Gasteiger partial charge in [-0.25, -0.2) is 9.67 Å². The molecule has 3 aromatic heterocycles. The zero-order chi connectivity index (χ0) is 24.5. The predicted octanol–water partition coefficient (Wildman–Crippen LogP) is 5.56. The van der Waals surface area contributed by atoms with E-state index in [9.17, 15) is 4.79 Å². The molecule has 0 atom stereocenters. The van der Waals surface area contributed by atoms with Crippen molar-refractivity contribution in [2.75, 3.05) is 5.32 Å². The maximum Gasteiger partial charge on any atom is 0.247 e. The molecule has 7 nitrogen and oxygen atoms in total. The summed E-state index contributed by atoms with van der Waals surface area (Å²) >= 11 is 6.35. The number of nitrogens with zero attached hydrogens (tertiary/aromatic N) is 5. The van der Waals surface area contributed by atoms with E-state index in [0.717, 1.165) is 27.8 Å². The number of fused-ring (bicyclic) bond motifs is 1. The number of pyridine rings is 1. The fourth-order valence-corrected chi connectivity index (χ4v) is 4.39. The molecule has 0 saturated carbocycles. The van der Waals surface area contributed by atoms with Gasteiger partial charge in [0.25, 0.3) is 0 Å². The molecule has 0 aliphatic rings. The molecule has 3 heterocycles. The average molecular weight is 485 g/mol. The minimum atomic E-state index is -0.278. The van der Waals surface area contributed by atoms with Gasteiger partial charge in [0.2, 0.25) is 5.91 Å². The molecule has 8 heteroatoms. The number of halogens is 1. The van der Waals surface area contributed by atoms with Gasteiger partial charge >= 0.3 is 0 Å². The Hall–Kier alpha value is -3.97. The average Bonchev–Trinajstić information content (AvgIpc) is 3.33. The number of hydrogen-bond donors (Lipinski definition) is 1. The Morgan fingerprint density at radius 1 is 1.00 bits per heavy atom. The molecule has 0 spiro atoms. The van der Waals surface area contributed by atoms with Crippen molar-refractivity contribution in [1.29, 1.82) is 0 Å². The van der Waals surface area contributed by atoms with Crippen molar-refractivity contribution >= 4 is 34.4 Å². The van der Waals surface area contributed by atoms with Crippen LogP contribution in [0.4, 0.5) is 5.82 Å². The number of aromatic nitrogens is 5. The van der Waals surface area contributed by atoms with E-state index in [0.29, 0.717) is 23.0 Å². The van der Waals surface area contributed by atoms with Crippen molar-refractivity contribution in [2.45, 2.75) is 33.9 Å². The number of benzene rings is 2. The van der Waals surface area contributed by atoms with Gasteiger partial charge in [-0.15, -0.1) is 0 Å².